The van der Waals surface area contributed by atoms with Crippen LogP contribution in [0.25, 0.3) is 0 Å². The lowest BCUT2D eigenvalue weighted by Gasteiger charge is -2.28. The molecule has 3 aliphatic heterocycles. The number of hydrogen-bond acceptors (Lipinski definition) is 6. The fraction of sp³-hybridized carbons (Fsp3) is 0.586. The Morgan fingerprint density at radius 2 is 2.19 bits per heavy atom. The number of carboxylic acid groups (broad SMARTS) is 1. The number of pyridine rings is 1. The molecule has 2 aromatic rings. The van der Waals surface area contributed by atoms with Crippen LogP contribution in [0.5, 0.6) is 0 Å². The maximum absolute atomic E-state index is 12.5. The Balaban J connectivity index is 1.12. The maximum atomic E-state index is 12.5. The van der Waals surface area contributed by atoms with E-state index in [9.17, 15) is 9.90 Å². The van der Waals surface area contributed by atoms with E-state index < -0.39 is 12.0 Å². The SMILES string of the molecule is Cc1ccc([C@@H]2CCOC2)c([C@H](C(=O)O)N2CC[C@@H](OCCCCc3ccc4c(n3)NCCC4)C2)c1. The summed E-state index contributed by atoms with van der Waals surface area (Å²) in [6.07, 6.45) is 7.17. The second kappa shape index (κ2) is 11.7. The van der Waals surface area contributed by atoms with Gasteiger partial charge < -0.3 is 19.9 Å². The van der Waals surface area contributed by atoms with Crippen LogP contribution in [-0.2, 0) is 27.1 Å². The van der Waals surface area contributed by atoms with E-state index >= 15 is 0 Å². The number of nitrogens with one attached hydrogen (secondary N) is 1. The standard InChI is InChI=1S/C29H39N3O4/c1-20-7-10-25(22-12-16-35-19-22)26(17-20)27(29(33)34)32-14-11-24(18-32)36-15-3-2-6-23-9-8-21-5-4-13-30-28(21)31-23/h7-10,17,22,24,27H,2-6,11-16,18-19H2,1H3,(H,30,31)(H,33,34)/t22-,24-,27-/m1/s1. The number of unbranched alkanes of at least 4 members (excludes halogenated alkanes) is 1. The Hall–Kier alpha value is -2.48. The average Bonchev–Trinajstić information content (AvgIpc) is 3.57. The van der Waals surface area contributed by atoms with Crippen LogP contribution < -0.4 is 5.32 Å². The molecule has 4 heterocycles. The molecule has 0 bridgehead atoms. The molecule has 1 aromatic heterocycles. The summed E-state index contributed by atoms with van der Waals surface area (Å²) >= 11 is 0. The van der Waals surface area contributed by atoms with E-state index in [1.54, 1.807) is 0 Å². The van der Waals surface area contributed by atoms with Crippen LogP contribution in [0.4, 0.5) is 5.82 Å². The third-order valence-electron chi connectivity index (χ3n) is 7.81. The first-order valence-corrected chi connectivity index (χ1v) is 13.6. The molecule has 194 valence electrons. The van der Waals surface area contributed by atoms with E-state index in [0.29, 0.717) is 19.8 Å². The van der Waals surface area contributed by atoms with Crippen molar-refractivity contribution >= 4 is 11.8 Å². The molecule has 0 spiro atoms. The van der Waals surface area contributed by atoms with E-state index in [0.717, 1.165) is 86.4 Å². The molecule has 2 fully saturated rings. The minimum Gasteiger partial charge on any atom is -0.480 e. The number of aryl methyl sites for hydroxylation is 3. The number of benzene rings is 1. The van der Waals surface area contributed by atoms with Crippen LogP contribution in [0.2, 0.25) is 0 Å². The van der Waals surface area contributed by atoms with Crippen molar-refractivity contribution in [1.82, 2.24) is 9.88 Å². The Morgan fingerprint density at radius 3 is 3.03 bits per heavy atom. The minimum atomic E-state index is -0.784. The third kappa shape index (κ3) is 5.90. The molecule has 2 saturated heterocycles. The predicted molar refractivity (Wildman–Crippen MR) is 140 cm³/mol. The second-order valence-electron chi connectivity index (χ2n) is 10.5. The van der Waals surface area contributed by atoms with Crippen molar-refractivity contribution in [3.05, 3.63) is 58.3 Å². The Labute approximate surface area is 214 Å². The molecule has 7 nitrogen and oxygen atoms in total. The van der Waals surface area contributed by atoms with Crippen LogP contribution in [-0.4, -0.2) is 66.5 Å². The summed E-state index contributed by atoms with van der Waals surface area (Å²) in [4.78, 5) is 19.3. The molecular formula is C29H39N3O4. The number of carboxylic acids is 1. The van der Waals surface area contributed by atoms with E-state index in [2.05, 4.69) is 40.5 Å². The number of aromatic nitrogens is 1. The van der Waals surface area contributed by atoms with Gasteiger partial charge in [-0.3, -0.25) is 9.69 Å². The van der Waals surface area contributed by atoms with E-state index in [1.165, 1.54) is 12.0 Å². The summed E-state index contributed by atoms with van der Waals surface area (Å²) in [5.74, 6) is 0.553. The first-order chi connectivity index (χ1) is 17.6. The fourth-order valence-corrected chi connectivity index (χ4v) is 5.86. The smallest absolute Gasteiger partial charge is 0.325 e. The Bertz CT molecular complexity index is 1050. The second-order valence-corrected chi connectivity index (χ2v) is 10.5. The van der Waals surface area contributed by atoms with Gasteiger partial charge in [-0.05, 0) is 74.6 Å². The van der Waals surface area contributed by atoms with E-state index in [-0.39, 0.29) is 12.0 Å². The number of ether oxygens (including phenoxy) is 2. The first kappa shape index (κ1) is 25.2. The van der Waals surface area contributed by atoms with Crippen molar-refractivity contribution < 1.29 is 19.4 Å². The van der Waals surface area contributed by atoms with Crippen molar-refractivity contribution in [2.24, 2.45) is 0 Å². The van der Waals surface area contributed by atoms with Gasteiger partial charge in [0.25, 0.3) is 0 Å². The topological polar surface area (TPSA) is 83.9 Å². The molecular weight excluding hydrogens is 454 g/mol. The molecule has 0 aliphatic carbocycles. The van der Waals surface area contributed by atoms with E-state index in [1.807, 2.05) is 6.92 Å². The zero-order chi connectivity index (χ0) is 24.9. The van der Waals surface area contributed by atoms with Crippen molar-refractivity contribution in [3.8, 4) is 0 Å². The molecule has 3 atom stereocenters. The fourth-order valence-electron chi connectivity index (χ4n) is 5.86. The minimum absolute atomic E-state index is 0.0843. The number of aliphatic carboxylic acids is 1. The van der Waals surface area contributed by atoms with Gasteiger partial charge in [0.15, 0.2) is 0 Å². The Kier molecular flexibility index (Phi) is 8.19. The average molecular weight is 494 g/mol. The highest BCUT2D eigenvalue weighted by atomic mass is 16.5. The normalized spacial score (nSPS) is 22.8. The highest BCUT2D eigenvalue weighted by Crippen LogP contribution is 2.36. The highest BCUT2D eigenvalue weighted by Gasteiger charge is 2.36. The molecule has 3 aliphatic rings. The quantitative estimate of drug-likeness (QED) is 0.472. The Morgan fingerprint density at radius 1 is 1.28 bits per heavy atom. The molecule has 0 amide bonds. The van der Waals surface area contributed by atoms with E-state index in [4.69, 9.17) is 14.5 Å². The molecule has 0 saturated carbocycles. The highest BCUT2D eigenvalue weighted by molar-refractivity contribution is 5.76. The first-order valence-electron chi connectivity index (χ1n) is 13.6. The van der Waals surface area contributed by atoms with Crippen LogP contribution in [0.15, 0.2) is 30.3 Å². The number of hydrogen-bond donors (Lipinski definition) is 2. The number of likely N-dealkylation sites (tertiary alicyclic amines) is 1. The summed E-state index contributed by atoms with van der Waals surface area (Å²) in [5, 5.41) is 13.6. The zero-order valence-corrected chi connectivity index (χ0v) is 21.4. The van der Waals surface area contributed by atoms with Gasteiger partial charge in [0.1, 0.15) is 11.9 Å². The summed E-state index contributed by atoms with van der Waals surface area (Å²) in [5.41, 5.74) is 5.61. The van der Waals surface area contributed by atoms with Crippen LogP contribution in [0.1, 0.15) is 72.0 Å². The van der Waals surface area contributed by atoms with Crippen molar-refractivity contribution in [2.75, 3.05) is 44.8 Å². The van der Waals surface area contributed by atoms with Gasteiger partial charge in [-0.25, -0.2) is 4.98 Å². The summed E-state index contributed by atoms with van der Waals surface area (Å²) in [7, 11) is 0. The molecule has 0 unspecified atom stereocenters. The number of fused-ring (bicyclic) bond motifs is 1. The van der Waals surface area contributed by atoms with Crippen molar-refractivity contribution in [3.63, 3.8) is 0 Å². The lowest BCUT2D eigenvalue weighted by Crippen LogP contribution is -2.34. The van der Waals surface area contributed by atoms with Gasteiger partial charge in [-0.1, -0.05) is 29.8 Å². The van der Waals surface area contributed by atoms with Gasteiger partial charge in [-0.15, -0.1) is 0 Å². The molecule has 36 heavy (non-hydrogen) atoms. The van der Waals surface area contributed by atoms with Crippen LogP contribution in [0, 0.1) is 6.92 Å². The summed E-state index contributed by atoms with van der Waals surface area (Å²) in [6.45, 7) is 6.56. The summed E-state index contributed by atoms with van der Waals surface area (Å²) in [6, 6.07) is 9.99. The van der Waals surface area contributed by atoms with Gasteiger partial charge in [0, 0.05) is 44.5 Å². The lowest BCUT2D eigenvalue weighted by atomic mass is 9.88. The van der Waals surface area contributed by atoms with Crippen LogP contribution in [0.3, 0.4) is 0 Å². The lowest BCUT2D eigenvalue weighted by molar-refractivity contribution is -0.143. The maximum Gasteiger partial charge on any atom is 0.325 e. The number of anilines is 1. The number of nitrogens with zero attached hydrogens (tertiary/aromatic N) is 2. The van der Waals surface area contributed by atoms with Crippen LogP contribution >= 0.6 is 0 Å². The third-order valence-corrected chi connectivity index (χ3v) is 7.81. The van der Waals surface area contributed by atoms with Gasteiger partial charge in [0.05, 0.1) is 12.7 Å². The molecule has 7 heteroatoms. The monoisotopic (exact) mass is 493 g/mol. The number of rotatable bonds is 10. The zero-order valence-electron chi connectivity index (χ0n) is 21.4. The van der Waals surface area contributed by atoms with Gasteiger partial charge in [0.2, 0.25) is 0 Å². The van der Waals surface area contributed by atoms with Crippen molar-refractivity contribution in [2.45, 2.75) is 69.9 Å². The molecule has 5 rings (SSSR count). The predicted octanol–water partition coefficient (Wildman–Crippen LogP) is 4.49. The summed E-state index contributed by atoms with van der Waals surface area (Å²) < 4.78 is 11.8. The van der Waals surface area contributed by atoms with Gasteiger partial charge >= 0.3 is 5.97 Å². The van der Waals surface area contributed by atoms with Gasteiger partial charge in [-0.2, -0.15) is 0 Å². The van der Waals surface area contributed by atoms with Crippen molar-refractivity contribution in [1.29, 1.82) is 0 Å². The molecule has 1 aromatic carbocycles. The number of carbonyl (C=O) groups is 1. The largest absolute Gasteiger partial charge is 0.480 e. The molecule has 2 N–H and O–H groups in total. The molecule has 0 radical (unpaired) electrons.